The van der Waals surface area contributed by atoms with Crippen molar-refractivity contribution in [1.29, 1.82) is 0 Å². The summed E-state index contributed by atoms with van der Waals surface area (Å²) in [6.07, 6.45) is 6.09. The molecule has 0 radical (unpaired) electrons. The van der Waals surface area contributed by atoms with Gasteiger partial charge in [0.2, 0.25) is 5.91 Å². The number of nitrogens with zero attached hydrogens (tertiary/aromatic N) is 4. The summed E-state index contributed by atoms with van der Waals surface area (Å²) >= 11 is 1.51. The fourth-order valence-electron chi connectivity index (χ4n) is 3.08. The highest BCUT2D eigenvalue weighted by Crippen LogP contribution is 2.29. The van der Waals surface area contributed by atoms with Gasteiger partial charge in [-0.3, -0.25) is 9.69 Å². The van der Waals surface area contributed by atoms with E-state index in [0.29, 0.717) is 22.9 Å². The third kappa shape index (κ3) is 4.33. The highest BCUT2D eigenvalue weighted by molar-refractivity contribution is 7.15. The van der Waals surface area contributed by atoms with E-state index >= 15 is 0 Å². The fourth-order valence-corrected chi connectivity index (χ4v) is 3.96. The summed E-state index contributed by atoms with van der Waals surface area (Å²) in [5.41, 5.74) is 0. The Balaban J connectivity index is 1.56. The Labute approximate surface area is 144 Å². The van der Waals surface area contributed by atoms with Crippen LogP contribution in [-0.2, 0) is 17.8 Å². The van der Waals surface area contributed by atoms with Gasteiger partial charge in [-0.25, -0.2) is 19.3 Å². The maximum absolute atomic E-state index is 12.9. The standard InChI is InChI=1S/C16H20FN5OS/c1-10-3-12(4-15-18-5-13(17)6-19-15)8-22(10)9-14-7-20-16(24-14)21-11(2)23/h5-7,10,12H,3-4,8-9H2,1-2H3,(H,20,21,23)/t10-,12+/m0/s1. The second-order valence-corrected chi connectivity index (χ2v) is 7.33. The molecule has 0 unspecified atom stereocenters. The number of carbonyl (C=O) groups excluding carboxylic acids is 1. The summed E-state index contributed by atoms with van der Waals surface area (Å²) in [5.74, 6) is 0.652. The minimum atomic E-state index is -0.402. The van der Waals surface area contributed by atoms with Crippen molar-refractivity contribution in [2.75, 3.05) is 11.9 Å². The third-order valence-corrected chi connectivity index (χ3v) is 5.03. The number of likely N-dealkylation sites (tertiary alicyclic amines) is 1. The van der Waals surface area contributed by atoms with Gasteiger partial charge < -0.3 is 5.32 Å². The zero-order valence-electron chi connectivity index (χ0n) is 13.7. The molecule has 0 saturated carbocycles. The molecule has 1 aliphatic rings. The van der Waals surface area contributed by atoms with Gasteiger partial charge in [0.15, 0.2) is 10.9 Å². The normalized spacial score (nSPS) is 21.1. The smallest absolute Gasteiger partial charge is 0.223 e. The number of hydrogen-bond acceptors (Lipinski definition) is 6. The highest BCUT2D eigenvalue weighted by Gasteiger charge is 2.30. The first-order valence-corrected chi connectivity index (χ1v) is 8.74. The van der Waals surface area contributed by atoms with E-state index in [9.17, 15) is 9.18 Å². The second-order valence-electron chi connectivity index (χ2n) is 6.21. The quantitative estimate of drug-likeness (QED) is 0.898. The number of thiazole rings is 1. The topological polar surface area (TPSA) is 71.0 Å². The van der Waals surface area contributed by atoms with E-state index in [2.05, 4.69) is 32.1 Å². The van der Waals surface area contributed by atoms with Gasteiger partial charge in [-0.15, -0.1) is 11.3 Å². The highest BCUT2D eigenvalue weighted by atomic mass is 32.1. The van der Waals surface area contributed by atoms with E-state index < -0.39 is 5.82 Å². The van der Waals surface area contributed by atoms with Crippen molar-refractivity contribution < 1.29 is 9.18 Å². The first-order chi connectivity index (χ1) is 11.5. The maximum Gasteiger partial charge on any atom is 0.223 e. The molecular weight excluding hydrogens is 329 g/mol. The number of aromatic nitrogens is 3. The van der Waals surface area contributed by atoms with Gasteiger partial charge in [0.1, 0.15) is 5.82 Å². The van der Waals surface area contributed by atoms with Crippen molar-refractivity contribution in [3.63, 3.8) is 0 Å². The molecule has 24 heavy (non-hydrogen) atoms. The molecule has 8 heteroatoms. The molecule has 6 nitrogen and oxygen atoms in total. The van der Waals surface area contributed by atoms with Crippen molar-refractivity contribution in [2.45, 2.75) is 39.3 Å². The average molecular weight is 349 g/mol. The minimum Gasteiger partial charge on any atom is -0.302 e. The summed E-state index contributed by atoms with van der Waals surface area (Å²) in [5, 5.41) is 3.35. The fraction of sp³-hybridized carbons (Fsp3) is 0.500. The Bertz CT molecular complexity index is 705. The van der Waals surface area contributed by atoms with Gasteiger partial charge in [0.05, 0.1) is 12.4 Å². The largest absolute Gasteiger partial charge is 0.302 e. The van der Waals surface area contributed by atoms with Crippen LogP contribution in [0.25, 0.3) is 0 Å². The lowest BCUT2D eigenvalue weighted by molar-refractivity contribution is -0.114. The predicted octanol–water partition coefficient (Wildman–Crippen LogP) is 2.48. The first kappa shape index (κ1) is 16.9. The number of halogens is 1. The molecule has 0 spiro atoms. The molecule has 128 valence electrons. The molecule has 3 rings (SSSR count). The van der Waals surface area contributed by atoms with Crippen molar-refractivity contribution >= 4 is 22.4 Å². The molecule has 1 amide bonds. The third-order valence-electron chi connectivity index (χ3n) is 4.13. The zero-order chi connectivity index (χ0) is 17.1. The molecule has 1 saturated heterocycles. The second kappa shape index (κ2) is 7.31. The molecular formula is C16H20FN5OS. The van der Waals surface area contributed by atoms with Crippen LogP contribution in [0.4, 0.5) is 9.52 Å². The summed E-state index contributed by atoms with van der Waals surface area (Å²) < 4.78 is 12.9. The van der Waals surface area contributed by atoms with Gasteiger partial charge in [0.25, 0.3) is 0 Å². The molecule has 3 heterocycles. The van der Waals surface area contributed by atoms with Crippen LogP contribution in [0, 0.1) is 11.7 Å². The Hall–Kier alpha value is -1.93. The molecule has 2 aromatic rings. The average Bonchev–Trinajstić information content (AvgIpc) is 3.08. The lowest BCUT2D eigenvalue weighted by atomic mass is 10.0. The number of carbonyl (C=O) groups is 1. The van der Waals surface area contributed by atoms with E-state index in [1.807, 2.05) is 6.20 Å². The molecule has 2 aromatic heterocycles. The lowest BCUT2D eigenvalue weighted by Gasteiger charge is -2.19. The van der Waals surface area contributed by atoms with Gasteiger partial charge in [-0.1, -0.05) is 0 Å². The van der Waals surface area contributed by atoms with Gasteiger partial charge in [-0.05, 0) is 19.3 Å². The van der Waals surface area contributed by atoms with E-state index in [4.69, 9.17) is 0 Å². The molecule has 0 aromatic carbocycles. The van der Waals surface area contributed by atoms with Gasteiger partial charge >= 0.3 is 0 Å². The molecule has 0 bridgehead atoms. The van der Waals surface area contributed by atoms with Crippen LogP contribution in [0.1, 0.15) is 31.0 Å². The van der Waals surface area contributed by atoms with E-state index in [-0.39, 0.29) is 5.91 Å². The van der Waals surface area contributed by atoms with Gasteiger partial charge in [0, 0.05) is 43.5 Å². The molecule has 1 fully saturated rings. The van der Waals surface area contributed by atoms with Crippen LogP contribution in [0.15, 0.2) is 18.6 Å². The molecule has 1 aliphatic heterocycles. The first-order valence-electron chi connectivity index (χ1n) is 7.92. The van der Waals surface area contributed by atoms with Crippen molar-refractivity contribution in [3.8, 4) is 0 Å². The van der Waals surface area contributed by atoms with Crippen molar-refractivity contribution in [2.24, 2.45) is 5.92 Å². The van der Waals surface area contributed by atoms with Crippen LogP contribution >= 0.6 is 11.3 Å². The number of rotatable bonds is 5. The molecule has 1 N–H and O–H groups in total. The maximum atomic E-state index is 12.9. The summed E-state index contributed by atoms with van der Waals surface area (Å²) in [6, 6.07) is 0.460. The molecule has 2 atom stereocenters. The van der Waals surface area contributed by atoms with E-state index in [0.717, 1.165) is 30.8 Å². The van der Waals surface area contributed by atoms with Crippen molar-refractivity contribution in [1.82, 2.24) is 19.9 Å². The Morgan fingerprint density at radius 2 is 2.12 bits per heavy atom. The van der Waals surface area contributed by atoms with E-state index in [1.54, 1.807) is 0 Å². The number of amides is 1. The van der Waals surface area contributed by atoms with Crippen LogP contribution in [0.2, 0.25) is 0 Å². The van der Waals surface area contributed by atoms with Crippen molar-refractivity contribution in [3.05, 3.63) is 35.1 Å². The lowest BCUT2D eigenvalue weighted by Crippen LogP contribution is -2.26. The number of nitrogens with one attached hydrogen (secondary N) is 1. The van der Waals surface area contributed by atoms with Crippen LogP contribution in [0.3, 0.4) is 0 Å². The number of anilines is 1. The number of hydrogen-bond donors (Lipinski definition) is 1. The summed E-state index contributed by atoms with van der Waals surface area (Å²) in [7, 11) is 0. The minimum absolute atomic E-state index is 0.107. The van der Waals surface area contributed by atoms with Crippen LogP contribution in [0.5, 0.6) is 0 Å². The van der Waals surface area contributed by atoms with Gasteiger partial charge in [-0.2, -0.15) is 0 Å². The Morgan fingerprint density at radius 1 is 1.38 bits per heavy atom. The summed E-state index contributed by atoms with van der Waals surface area (Å²) in [4.78, 5) is 26.9. The Kier molecular flexibility index (Phi) is 5.15. The Morgan fingerprint density at radius 3 is 2.83 bits per heavy atom. The van der Waals surface area contributed by atoms with Crippen LogP contribution in [-0.4, -0.2) is 38.3 Å². The summed E-state index contributed by atoms with van der Waals surface area (Å²) in [6.45, 7) is 5.46. The predicted molar refractivity (Wildman–Crippen MR) is 90.1 cm³/mol. The van der Waals surface area contributed by atoms with E-state index in [1.165, 1.54) is 30.7 Å². The van der Waals surface area contributed by atoms with Crippen LogP contribution < -0.4 is 5.32 Å². The monoisotopic (exact) mass is 349 g/mol. The SMILES string of the molecule is CC(=O)Nc1ncc(CN2C[C@@H](Cc3ncc(F)cn3)C[C@@H]2C)s1. The molecule has 0 aliphatic carbocycles. The zero-order valence-corrected chi connectivity index (χ0v) is 14.5.